The highest BCUT2D eigenvalue weighted by atomic mass is 16.4. The fraction of sp³-hybridized carbons (Fsp3) is 0.750. The first kappa shape index (κ1) is 16.7. The van der Waals surface area contributed by atoms with Gasteiger partial charge in [0.15, 0.2) is 0 Å². The maximum absolute atomic E-state index is 10.5. The number of unbranched alkanes of at least 4 members (excludes halogenated alkanes) is 3. The summed E-state index contributed by atoms with van der Waals surface area (Å²) in [5, 5.41) is 10.5. The van der Waals surface area contributed by atoms with Crippen molar-refractivity contribution in [3.05, 3.63) is 18.2 Å². The summed E-state index contributed by atoms with van der Waals surface area (Å²) in [5.41, 5.74) is 0. The van der Waals surface area contributed by atoms with Crippen molar-refractivity contribution in [3.63, 3.8) is 0 Å². The van der Waals surface area contributed by atoms with Crippen LogP contribution in [0.25, 0.3) is 0 Å². The fourth-order valence-corrected chi connectivity index (χ4v) is 2.54. The van der Waals surface area contributed by atoms with E-state index in [9.17, 15) is 9.90 Å². The van der Waals surface area contributed by atoms with Crippen molar-refractivity contribution >= 4 is 5.97 Å². The van der Waals surface area contributed by atoms with Crippen LogP contribution in [-0.2, 0) is 24.3 Å². The molecule has 0 atom stereocenters. The van der Waals surface area contributed by atoms with Gasteiger partial charge in [0.05, 0.1) is 13.1 Å². The van der Waals surface area contributed by atoms with Gasteiger partial charge in [0, 0.05) is 12.4 Å². The summed E-state index contributed by atoms with van der Waals surface area (Å²) < 4.78 is 4.52. The molecule has 0 saturated carbocycles. The number of aryl methyl sites for hydroxylation is 2. The molecule has 4 nitrogen and oxygen atoms in total. The van der Waals surface area contributed by atoms with Gasteiger partial charge in [-0.2, -0.15) is 0 Å². The van der Waals surface area contributed by atoms with Crippen molar-refractivity contribution in [1.29, 1.82) is 0 Å². The monoisotopic (exact) mass is 280 g/mol. The summed E-state index contributed by atoms with van der Waals surface area (Å²) in [4.78, 5) is 10.5. The summed E-state index contributed by atoms with van der Waals surface area (Å²) in [6.45, 7) is 6.21. The van der Waals surface area contributed by atoms with E-state index in [1.165, 1.54) is 31.5 Å². The van der Waals surface area contributed by atoms with Crippen molar-refractivity contribution in [2.24, 2.45) is 0 Å². The predicted octanol–water partition coefficient (Wildman–Crippen LogP) is 1.84. The SMILES string of the molecule is CCCCCCc1n(CCCC(=O)[O-])cc[n+]1CCC. The van der Waals surface area contributed by atoms with E-state index >= 15 is 0 Å². The second-order valence-electron chi connectivity index (χ2n) is 5.39. The molecule has 0 radical (unpaired) electrons. The predicted molar refractivity (Wildman–Crippen MR) is 77.0 cm³/mol. The lowest BCUT2D eigenvalue weighted by molar-refractivity contribution is -0.703. The van der Waals surface area contributed by atoms with Crippen molar-refractivity contribution in [2.75, 3.05) is 0 Å². The van der Waals surface area contributed by atoms with Crippen molar-refractivity contribution in [2.45, 2.75) is 78.3 Å². The maximum atomic E-state index is 10.5. The molecule has 0 aliphatic rings. The molecule has 0 amide bonds. The number of imidazole rings is 1. The van der Waals surface area contributed by atoms with Gasteiger partial charge in [0.25, 0.3) is 5.82 Å². The number of aromatic nitrogens is 2. The highest BCUT2D eigenvalue weighted by molar-refractivity contribution is 5.64. The molecular weight excluding hydrogens is 252 g/mol. The highest BCUT2D eigenvalue weighted by Gasteiger charge is 2.15. The van der Waals surface area contributed by atoms with Crippen LogP contribution in [0.1, 0.15) is 64.6 Å². The Morgan fingerprint density at radius 1 is 1.20 bits per heavy atom. The number of rotatable bonds is 11. The molecule has 0 fully saturated rings. The largest absolute Gasteiger partial charge is 0.550 e. The van der Waals surface area contributed by atoms with E-state index in [2.05, 4.69) is 35.4 Å². The summed E-state index contributed by atoms with van der Waals surface area (Å²) in [5.74, 6) is 0.379. The molecule has 0 aliphatic carbocycles. The molecule has 0 bridgehead atoms. The standard InChI is InChI=1S/C16H28N2O2/c1-3-5-6-7-9-15-17(11-4-2)13-14-18(15)12-8-10-16(19)20/h13-14H,3-12H2,1-2H3. The Balaban J connectivity index is 2.59. The maximum Gasteiger partial charge on any atom is 0.256 e. The van der Waals surface area contributed by atoms with E-state index in [1.807, 2.05) is 0 Å². The van der Waals surface area contributed by atoms with Gasteiger partial charge >= 0.3 is 0 Å². The van der Waals surface area contributed by atoms with Gasteiger partial charge < -0.3 is 9.90 Å². The number of hydrogen-bond donors (Lipinski definition) is 0. The van der Waals surface area contributed by atoms with Crippen LogP contribution in [-0.4, -0.2) is 10.5 Å². The number of carbonyl (C=O) groups excluding carboxylic acids is 1. The van der Waals surface area contributed by atoms with Gasteiger partial charge in [-0.1, -0.05) is 33.1 Å². The molecule has 0 unspecified atom stereocenters. The number of carboxylic acids is 1. The van der Waals surface area contributed by atoms with Crippen LogP contribution in [0, 0.1) is 0 Å². The fourth-order valence-electron chi connectivity index (χ4n) is 2.54. The van der Waals surface area contributed by atoms with Crippen LogP contribution in [0.4, 0.5) is 0 Å². The van der Waals surface area contributed by atoms with Gasteiger partial charge in [-0.25, -0.2) is 9.13 Å². The molecular formula is C16H28N2O2. The summed E-state index contributed by atoms with van der Waals surface area (Å²) in [6, 6.07) is 0. The Hall–Kier alpha value is -1.32. The molecule has 0 aromatic carbocycles. The van der Waals surface area contributed by atoms with Crippen LogP contribution >= 0.6 is 0 Å². The molecule has 114 valence electrons. The third-order valence-corrected chi connectivity index (χ3v) is 3.59. The number of nitrogens with zero attached hydrogens (tertiary/aromatic N) is 2. The number of carbonyl (C=O) groups is 1. The number of carboxylic acid groups (broad SMARTS) is 1. The molecule has 0 N–H and O–H groups in total. The van der Waals surface area contributed by atoms with Gasteiger partial charge in [-0.3, -0.25) is 0 Å². The first-order valence-corrected chi connectivity index (χ1v) is 7.96. The third-order valence-electron chi connectivity index (χ3n) is 3.59. The van der Waals surface area contributed by atoms with Crippen molar-refractivity contribution < 1.29 is 14.5 Å². The Morgan fingerprint density at radius 2 is 2.00 bits per heavy atom. The molecule has 0 spiro atoms. The molecule has 20 heavy (non-hydrogen) atoms. The van der Waals surface area contributed by atoms with Gasteiger partial charge in [-0.05, 0) is 25.7 Å². The van der Waals surface area contributed by atoms with E-state index in [4.69, 9.17) is 0 Å². The highest BCUT2D eigenvalue weighted by Crippen LogP contribution is 2.07. The third kappa shape index (κ3) is 5.76. The first-order valence-electron chi connectivity index (χ1n) is 7.96. The van der Waals surface area contributed by atoms with E-state index in [-0.39, 0.29) is 6.42 Å². The van der Waals surface area contributed by atoms with Crippen LogP contribution < -0.4 is 9.67 Å². The average Bonchev–Trinajstić information content (AvgIpc) is 2.78. The minimum Gasteiger partial charge on any atom is -0.550 e. The number of hydrogen-bond acceptors (Lipinski definition) is 2. The van der Waals surface area contributed by atoms with Crippen molar-refractivity contribution in [3.8, 4) is 0 Å². The molecule has 0 saturated heterocycles. The van der Waals surface area contributed by atoms with Crippen LogP contribution in [0.3, 0.4) is 0 Å². The topological polar surface area (TPSA) is 48.9 Å². The second-order valence-corrected chi connectivity index (χ2v) is 5.39. The van der Waals surface area contributed by atoms with Gasteiger partial charge in [-0.15, -0.1) is 0 Å². The Morgan fingerprint density at radius 3 is 2.65 bits per heavy atom. The Labute approximate surface area is 122 Å². The van der Waals surface area contributed by atoms with Gasteiger partial charge in [0.1, 0.15) is 12.4 Å². The molecule has 4 heteroatoms. The summed E-state index contributed by atoms with van der Waals surface area (Å²) >= 11 is 0. The zero-order valence-corrected chi connectivity index (χ0v) is 12.9. The average molecular weight is 280 g/mol. The zero-order chi connectivity index (χ0) is 14.8. The molecule has 1 heterocycles. The lowest BCUT2D eigenvalue weighted by Gasteiger charge is -2.05. The molecule has 1 rings (SSSR count). The Kier molecular flexibility index (Phi) is 8.00. The zero-order valence-electron chi connectivity index (χ0n) is 12.9. The quantitative estimate of drug-likeness (QED) is 0.459. The van der Waals surface area contributed by atoms with Gasteiger partial charge in [0.2, 0.25) is 0 Å². The Bertz CT molecular complexity index is 399. The molecule has 1 aromatic heterocycles. The minimum atomic E-state index is -0.955. The van der Waals surface area contributed by atoms with E-state index < -0.39 is 5.97 Å². The van der Waals surface area contributed by atoms with E-state index in [1.54, 1.807) is 0 Å². The minimum absolute atomic E-state index is 0.140. The van der Waals surface area contributed by atoms with E-state index in [0.29, 0.717) is 6.42 Å². The van der Waals surface area contributed by atoms with Crippen LogP contribution in [0.2, 0.25) is 0 Å². The molecule has 1 aromatic rings. The molecule has 0 aliphatic heterocycles. The van der Waals surface area contributed by atoms with E-state index in [0.717, 1.165) is 25.9 Å². The summed E-state index contributed by atoms with van der Waals surface area (Å²) in [6.07, 6.45) is 12.2. The lowest BCUT2D eigenvalue weighted by Crippen LogP contribution is -2.37. The van der Waals surface area contributed by atoms with Crippen LogP contribution in [0.5, 0.6) is 0 Å². The first-order chi connectivity index (χ1) is 9.69. The summed E-state index contributed by atoms with van der Waals surface area (Å²) in [7, 11) is 0. The smallest absolute Gasteiger partial charge is 0.256 e. The van der Waals surface area contributed by atoms with Crippen molar-refractivity contribution in [1.82, 2.24) is 4.57 Å². The lowest BCUT2D eigenvalue weighted by atomic mass is 10.1. The number of aliphatic carboxylic acids is 1. The normalized spacial score (nSPS) is 10.9. The van der Waals surface area contributed by atoms with Crippen LogP contribution in [0.15, 0.2) is 12.4 Å². The second kappa shape index (κ2) is 9.56.